The van der Waals surface area contributed by atoms with E-state index < -0.39 is 12.1 Å². The summed E-state index contributed by atoms with van der Waals surface area (Å²) in [4.78, 5) is 15.4. The number of nitrogens with zero attached hydrogens (tertiary/aromatic N) is 1. The zero-order valence-electron chi connectivity index (χ0n) is 18.1. The number of rotatable bonds is 7. The average molecular weight is 423 g/mol. The van der Waals surface area contributed by atoms with Gasteiger partial charge in [-0.2, -0.15) is 0 Å². The van der Waals surface area contributed by atoms with Gasteiger partial charge < -0.3 is 20.4 Å². The van der Waals surface area contributed by atoms with Crippen LogP contribution < -0.4 is 5.32 Å². The van der Waals surface area contributed by atoms with Gasteiger partial charge in [-0.15, -0.1) is 0 Å². The molecule has 4 rings (SSSR count). The van der Waals surface area contributed by atoms with E-state index in [4.69, 9.17) is 0 Å². The summed E-state index contributed by atoms with van der Waals surface area (Å²) < 4.78 is 0. The molecule has 1 heterocycles. The smallest absolute Gasteiger partial charge is 0.237 e. The number of hydrogen-bond donors (Lipinski definition) is 3. The Morgan fingerprint density at radius 1 is 1.03 bits per heavy atom. The Hall–Kier alpha value is -2.21. The molecule has 2 aliphatic rings. The van der Waals surface area contributed by atoms with E-state index in [9.17, 15) is 15.0 Å². The molecule has 0 radical (unpaired) electrons. The van der Waals surface area contributed by atoms with E-state index in [0.717, 1.165) is 18.5 Å². The van der Waals surface area contributed by atoms with Crippen LogP contribution >= 0.6 is 0 Å². The normalized spacial score (nSPS) is 21.4. The van der Waals surface area contributed by atoms with Gasteiger partial charge >= 0.3 is 0 Å². The SMILES string of the molecule is O=C(CN[C@@H](CO)[C@@H](O)c1ccccc1)N1CCc2ccccc2C1C1CCCCC1. The van der Waals surface area contributed by atoms with Crippen molar-refractivity contribution in [3.8, 4) is 0 Å². The first-order chi connectivity index (χ1) is 15.2. The monoisotopic (exact) mass is 422 g/mol. The lowest BCUT2D eigenvalue weighted by Gasteiger charge is -2.43. The van der Waals surface area contributed by atoms with Gasteiger partial charge in [0.15, 0.2) is 0 Å². The number of aliphatic hydroxyl groups excluding tert-OH is 2. The number of nitrogens with one attached hydrogen (secondary N) is 1. The zero-order chi connectivity index (χ0) is 21.6. The van der Waals surface area contributed by atoms with Gasteiger partial charge in [-0.3, -0.25) is 4.79 Å². The lowest BCUT2D eigenvalue weighted by molar-refractivity contribution is -0.135. The van der Waals surface area contributed by atoms with Crippen molar-refractivity contribution in [2.45, 2.75) is 56.7 Å². The zero-order valence-corrected chi connectivity index (χ0v) is 18.1. The molecule has 3 N–H and O–H groups in total. The second-order valence-corrected chi connectivity index (χ2v) is 8.90. The molecule has 1 aliphatic carbocycles. The molecule has 5 nitrogen and oxygen atoms in total. The summed E-state index contributed by atoms with van der Waals surface area (Å²) in [6.45, 7) is 0.600. The quantitative estimate of drug-likeness (QED) is 0.640. The first-order valence-electron chi connectivity index (χ1n) is 11.6. The topological polar surface area (TPSA) is 72.8 Å². The van der Waals surface area contributed by atoms with Crippen molar-refractivity contribution in [3.05, 3.63) is 71.3 Å². The number of fused-ring (bicyclic) bond motifs is 1. The van der Waals surface area contributed by atoms with E-state index in [1.807, 2.05) is 30.3 Å². The van der Waals surface area contributed by atoms with Gasteiger partial charge in [0, 0.05) is 6.54 Å². The Bertz CT molecular complexity index is 851. The third kappa shape index (κ3) is 5.00. The van der Waals surface area contributed by atoms with Crippen molar-refractivity contribution < 1.29 is 15.0 Å². The third-order valence-corrected chi connectivity index (χ3v) is 6.98. The minimum atomic E-state index is -0.866. The van der Waals surface area contributed by atoms with Crippen molar-refractivity contribution in [1.29, 1.82) is 0 Å². The van der Waals surface area contributed by atoms with Gasteiger partial charge in [-0.25, -0.2) is 0 Å². The molecule has 1 saturated carbocycles. The highest BCUT2D eigenvalue weighted by atomic mass is 16.3. The molecule has 2 aromatic rings. The van der Waals surface area contributed by atoms with Crippen LogP contribution in [0.5, 0.6) is 0 Å². The van der Waals surface area contributed by atoms with Crippen LogP contribution in [0, 0.1) is 5.92 Å². The maximum atomic E-state index is 13.3. The van der Waals surface area contributed by atoms with Gasteiger partial charge in [0.2, 0.25) is 5.91 Å². The maximum Gasteiger partial charge on any atom is 0.237 e. The number of aliphatic hydroxyl groups is 2. The summed E-state index contributed by atoms with van der Waals surface area (Å²) >= 11 is 0. The molecule has 1 unspecified atom stereocenters. The van der Waals surface area contributed by atoms with Crippen molar-refractivity contribution in [1.82, 2.24) is 10.2 Å². The summed E-state index contributed by atoms with van der Waals surface area (Å²) in [6.07, 6.45) is 6.11. The molecular weight excluding hydrogens is 388 g/mol. The highest BCUT2D eigenvalue weighted by molar-refractivity contribution is 5.79. The molecule has 1 amide bonds. The molecule has 3 atom stereocenters. The van der Waals surface area contributed by atoms with Crippen molar-refractivity contribution >= 4 is 5.91 Å². The molecule has 1 aliphatic heterocycles. The van der Waals surface area contributed by atoms with E-state index in [2.05, 4.69) is 34.5 Å². The summed E-state index contributed by atoms with van der Waals surface area (Å²) in [5.41, 5.74) is 3.40. The molecular formula is C26H34N2O3. The van der Waals surface area contributed by atoms with Gasteiger partial charge in [0.05, 0.1) is 31.3 Å². The number of carbonyl (C=O) groups is 1. The van der Waals surface area contributed by atoms with Crippen LogP contribution in [-0.4, -0.2) is 46.8 Å². The summed E-state index contributed by atoms with van der Waals surface area (Å²) in [6, 6.07) is 17.4. The first kappa shape index (κ1) is 22.0. The first-order valence-corrected chi connectivity index (χ1v) is 11.6. The van der Waals surface area contributed by atoms with Gasteiger partial charge in [0.1, 0.15) is 0 Å². The summed E-state index contributed by atoms with van der Waals surface area (Å²) in [5, 5.41) is 23.6. The molecule has 31 heavy (non-hydrogen) atoms. The summed E-state index contributed by atoms with van der Waals surface area (Å²) in [7, 11) is 0. The third-order valence-electron chi connectivity index (χ3n) is 6.98. The number of hydrogen-bond acceptors (Lipinski definition) is 4. The molecule has 0 spiro atoms. The largest absolute Gasteiger partial charge is 0.395 e. The Balaban J connectivity index is 1.47. The number of carbonyl (C=O) groups excluding carboxylic acids is 1. The highest BCUT2D eigenvalue weighted by Crippen LogP contribution is 2.41. The van der Waals surface area contributed by atoms with Crippen LogP contribution in [0.1, 0.15) is 60.9 Å². The Morgan fingerprint density at radius 2 is 1.74 bits per heavy atom. The Kier molecular flexibility index (Phi) is 7.38. The van der Waals surface area contributed by atoms with E-state index in [-0.39, 0.29) is 25.1 Å². The number of amides is 1. The fourth-order valence-electron chi connectivity index (χ4n) is 5.31. The molecule has 5 heteroatoms. The van der Waals surface area contributed by atoms with Crippen LogP contribution in [0.4, 0.5) is 0 Å². The van der Waals surface area contributed by atoms with Crippen LogP contribution in [0.3, 0.4) is 0 Å². The van der Waals surface area contributed by atoms with Crippen LogP contribution in [-0.2, 0) is 11.2 Å². The molecule has 0 aromatic heterocycles. The van der Waals surface area contributed by atoms with Gasteiger partial charge in [-0.05, 0) is 41.9 Å². The van der Waals surface area contributed by atoms with E-state index in [1.165, 1.54) is 43.2 Å². The van der Waals surface area contributed by atoms with Crippen molar-refractivity contribution in [2.24, 2.45) is 5.92 Å². The number of benzene rings is 2. The second-order valence-electron chi connectivity index (χ2n) is 8.90. The lowest BCUT2D eigenvalue weighted by atomic mass is 9.77. The Morgan fingerprint density at radius 3 is 2.48 bits per heavy atom. The van der Waals surface area contributed by atoms with Crippen LogP contribution in [0.25, 0.3) is 0 Å². The van der Waals surface area contributed by atoms with E-state index in [0.29, 0.717) is 5.92 Å². The molecule has 1 fully saturated rings. The molecule has 0 bridgehead atoms. The predicted molar refractivity (Wildman–Crippen MR) is 121 cm³/mol. The summed E-state index contributed by atoms with van der Waals surface area (Å²) in [5.74, 6) is 0.548. The van der Waals surface area contributed by atoms with Gasteiger partial charge in [-0.1, -0.05) is 73.9 Å². The Labute approximate surface area is 185 Å². The predicted octanol–water partition coefficient (Wildman–Crippen LogP) is 3.38. The minimum absolute atomic E-state index is 0.0452. The van der Waals surface area contributed by atoms with Crippen LogP contribution in [0.2, 0.25) is 0 Å². The second kappa shape index (κ2) is 10.4. The van der Waals surface area contributed by atoms with Crippen molar-refractivity contribution in [3.63, 3.8) is 0 Å². The van der Waals surface area contributed by atoms with E-state index >= 15 is 0 Å². The van der Waals surface area contributed by atoms with Crippen LogP contribution in [0.15, 0.2) is 54.6 Å². The van der Waals surface area contributed by atoms with Crippen molar-refractivity contribution in [2.75, 3.05) is 19.7 Å². The lowest BCUT2D eigenvalue weighted by Crippen LogP contribution is -2.49. The molecule has 2 aromatic carbocycles. The fourth-order valence-corrected chi connectivity index (χ4v) is 5.31. The van der Waals surface area contributed by atoms with Gasteiger partial charge in [0.25, 0.3) is 0 Å². The maximum absolute atomic E-state index is 13.3. The molecule has 0 saturated heterocycles. The highest BCUT2D eigenvalue weighted by Gasteiger charge is 2.36. The molecule has 166 valence electrons. The standard InChI is InChI=1S/C26H34N2O3/c29-18-23(26(31)21-12-5-2-6-13-21)27-17-24(30)28-16-15-19-9-7-8-14-22(19)25(28)20-10-3-1-4-11-20/h2,5-9,12-14,20,23,25-27,29,31H,1,3-4,10-11,15-18H2/t23-,25?,26-/m0/s1. The minimum Gasteiger partial charge on any atom is -0.395 e. The van der Waals surface area contributed by atoms with E-state index in [1.54, 1.807) is 0 Å². The average Bonchev–Trinajstić information content (AvgIpc) is 2.84. The fraction of sp³-hybridized carbons (Fsp3) is 0.500.